The molecule has 0 aliphatic heterocycles. The van der Waals surface area contributed by atoms with Crippen molar-refractivity contribution in [2.75, 3.05) is 0 Å². The van der Waals surface area contributed by atoms with Gasteiger partial charge in [-0.05, 0) is 44.0 Å². The molecular weight excluding hydrogens is 305 g/mol. The van der Waals surface area contributed by atoms with E-state index < -0.39 is 0 Å². The first-order valence-corrected chi connectivity index (χ1v) is 8.16. The van der Waals surface area contributed by atoms with Gasteiger partial charge < -0.3 is 9.32 Å². The molecule has 1 aliphatic carbocycles. The van der Waals surface area contributed by atoms with E-state index in [-0.39, 0.29) is 24.3 Å². The van der Waals surface area contributed by atoms with Crippen molar-refractivity contribution in [1.29, 1.82) is 0 Å². The van der Waals surface area contributed by atoms with Gasteiger partial charge in [0.2, 0.25) is 0 Å². The maximum absolute atomic E-state index is 14.0. The number of carbonyl (C=O) groups is 1. The average molecular weight is 323 g/mol. The number of aryl methyl sites for hydroxylation is 1. The molecule has 1 saturated carbocycles. The number of amides is 1. The summed E-state index contributed by atoms with van der Waals surface area (Å²) in [5.74, 6) is -0.135. The van der Waals surface area contributed by atoms with E-state index in [2.05, 4.69) is 0 Å². The molecule has 1 aliphatic rings. The first kappa shape index (κ1) is 14.9. The standard InChI is InChI=1S/C20H18FNO2/c1-13-6-9-18-15(10-13)11-19(24-18)20(23)22(16-7-8-16)12-14-4-2-3-5-17(14)21/h2-6,9-11,16H,7-8,12H2,1H3. The molecule has 0 N–H and O–H groups in total. The molecule has 24 heavy (non-hydrogen) atoms. The van der Waals surface area contributed by atoms with Gasteiger partial charge in [0.15, 0.2) is 5.76 Å². The Hall–Kier alpha value is -2.62. The summed E-state index contributed by atoms with van der Waals surface area (Å²) < 4.78 is 19.7. The summed E-state index contributed by atoms with van der Waals surface area (Å²) in [6, 6.07) is 14.4. The van der Waals surface area contributed by atoms with Crippen molar-refractivity contribution in [3.05, 3.63) is 71.2 Å². The topological polar surface area (TPSA) is 33.5 Å². The molecule has 0 bridgehead atoms. The summed E-state index contributed by atoms with van der Waals surface area (Å²) in [5, 5.41) is 0.917. The van der Waals surface area contributed by atoms with Crippen molar-refractivity contribution in [1.82, 2.24) is 4.90 Å². The van der Waals surface area contributed by atoms with Crippen molar-refractivity contribution >= 4 is 16.9 Å². The van der Waals surface area contributed by atoms with Crippen LogP contribution in [0.15, 0.2) is 52.9 Å². The highest BCUT2D eigenvalue weighted by atomic mass is 19.1. The SMILES string of the molecule is Cc1ccc2oc(C(=O)N(Cc3ccccc3F)C3CC3)cc2c1. The van der Waals surface area contributed by atoms with Gasteiger partial charge in [0.1, 0.15) is 11.4 Å². The largest absolute Gasteiger partial charge is 0.451 e. The number of fused-ring (bicyclic) bond motifs is 1. The molecule has 3 aromatic rings. The zero-order valence-corrected chi connectivity index (χ0v) is 13.5. The Balaban J connectivity index is 1.65. The molecule has 0 radical (unpaired) electrons. The van der Waals surface area contributed by atoms with E-state index in [1.807, 2.05) is 25.1 Å². The number of rotatable bonds is 4. The highest BCUT2D eigenvalue weighted by Crippen LogP contribution is 2.31. The van der Waals surface area contributed by atoms with E-state index in [0.29, 0.717) is 16.9 Å². The van der Waals surface area contributed by atoms with Crippen LogP contribution >= 0.6 is 0 Å². The number of nitrogens with zero attached hydrogens (tertiary/aromatic N) is 1. The van der Waals surface area contributed by atoms with Gasteiger partial charge in [-0.15, -0.1) is 0 Å². The summed E-state index contributed by atoms with van der Waals surface area (Å²) >= 11 is 0. The van der Waals surface area contributed by atoms with Gasteiger partial charge in [-0.3, -0.25) is 4.79 Å². The van der Waals surface area contributed by atoms with E-state index in [1.165, 1.54) is 6.07 Å². The Morgan fingerprint density at radius 2 is 2.00 bits per heavy atom. The van der Waals surface area contributed by atoms with Crippen LogP contribution in [-0.2, 0) is 6.54 Å². The number of halogens is 1. The summed E-state index contributed by atoms with van der Waals surface area (Å²) in [6.07, 6.45) is 1.92. The van der Waals surface area contributed by atoms with Gasteiger partial charge in [-0.25, -0.2) is 4.39 Å². The van der Waals surface area contributed by atoms with E-state index in [1.54, 1.807) is 29.2 Å². The summed E-state index contributed by atoms with van der Waals surface area (Å²) in [7, 11) is 0. The van der Waals surface area contributed by atoms with Crippen LogP contribution in [0.25, 0.3) is 11.0 Å². The molecular formula is C20H18FNO2. The second-order valence-electron chi connectivity index (χ2n) is 6.41. The molecule has 3 nitrogen and oxygen atoms in total. The van der Waals surface area contributed by atoms with Crippen LogP contribution in [0.1, 0.15) is 34.5 Å². The van der Waals surface area contributed by atoms with Crippen LogP contribution < -0.4 is 0 Å². The Morgan fingerprint density at radius 3 is 2.75 bits per heavy atom. The lowest BCUT2D eigenvalue weighted by molar-refractivity contribution is 0.0698. The normalized spacial score (nSPS) is 14.1. The number of carbonyl (C=O) groups excluding carboxylic acids is 1. The minimum atomic E-state index is -0.281. The lowest BCUT2D eigenvalue weighted by Gasteiger charge is -2.21. The Kier molecular flexibility index (Phi) is 3.60. The summed E-state index contributed by atoms with van der Waals surface area (Å²) in [4.78, 5) is 14.6. The molecule has 1 aromatic heterocycles. The molecule has 122 valence electrons. The first-order chi connectivity index (χ1) is 11.6. The number of hydrogen-bond acceptors (Lipinski definition) is 2. The average Bonchev–Trinajstić information content (AvgIpc) is 3.32. The van der Waals surface area contributed by atoms with Gasteiger partial charge in [-0.2, -0.15) is 0 Å². The van der Waals surface area contributed by atoms with Crippen molar-refractivity contribution in [2.24, 2.45) is 0 Å². The van der Waals surface area contributed by atoms with Gasteiger partial charge in [-0.1, -0.05) is 29.8 Å². The van der Waals surface area contributed by atoms with E-state index in [4.69, 9.17) is 4.42 Å². The van der Waals surface area contributed by atoms with E-state index in [0.717, 1.165) is 23.8 Å². The van der Waals surface area contributed by atoms with Crippen LogP contribution in [0, 0.1) is 12.7 Å². The van der Waals surface area contributed by atoms with Gasteiger partial charge >= 0.3 is 0 Å². The fraction of sp³-hybridized carbons (Fsp3) is 0.250. The molecule has 4 rings (SSSR count). The van der Waals surface area contributed by atoms with Crippen LogP contribution in [-0.4, -0.2) is 16.8 Å². The lowest BCUT2D eigenvalue weighted by atomic mass is 10.1. The van der Waals surface area contributed by atoms with Crippen LogP contribution in [0.3, 0.4) is 0 Å². The predicted octanol–water partition coefficient (Wildman–Crippen LogP) is 4.69. The summed E-state index contributed by atoms with van der Waals surface area (Å²) in [5.41, 5.74) is 2.35. The maximum Gasteiger partial charge on any atom is 0.290 e. The molecule has 2 aromatic carbocycles. The van der Waals surface area contributed by atoms with Crippen molar-refractivity contribution in [2.45, 2.75) is 32.4 Å². The highest BCUT2D eigenvalue weighted by molar-refractivity contribution is 5.96. The summed E-state index contributed by atoms with van der Waals surface area (Å²) in [6.45, 7) is 2.27. The predicted molar refractivity (Wildman–Crippen MR) is 90.2 cm³/mol. The van der Waals surface area contributed by atoms with Gasteiger partial charge in [0.05, 0.1) is 0 Å². The fourth-order valence-corrected chi connectivity index (χ4v) is 2.97. The molecule has 1 heterocycles. The third-order valence-corrected chi connectivity index (χ3v) is 4.43. The minimum Gasteiger partial charge on any atom is -0.451 e. The zero-order valence-electron chi connectivity index (χ0n) is 13.5. The zero-order chi connectivity index (χ0) is 16.7. The Labute approximate surface area is 139 Å². The molecule has 0 unspecified atom stereocenters. The quantitative estimate of drug-likeness (QED) is 0.698. The second-order valence-corrected chi connectivity index (χ2v) is 6.41. The highest BCUT2D eigenvalue weighted by Gasteiger charge is 2.34. The lowest BCUT2D eigenvalue weighted by Crippen LogP contribution is -2.32. The number of furan rings is 1. The van der Waals surface area contributed by atoms with Gasteiger partial charge in [0, 0.05) is 23.5 Å². The smallest absolute Gasteiger partial charge is 0.290 e. The van der Waals surface area contributed by atoms with Crippen molar-refractivity contribution in [3.63, 3.8) is 0 Å². The molecule has 0 spiro atoms. The molecule has 1 amide bonds. The van der Waals surface area contributed by atoms with Crippen LogP contribution in [0.5, 0.6) is 0 Å². The van der Waals surface area contributed by atoms with E-state index in [9.17, 15) is 9.18 Å². The van der Waals surface area contributed by atoms with Crippen LogP contribution in [0.2, 0.25) is 0 Å². The van der Waals surface area contributed by atoms with Crippen molar-refractivity contribution in [3.8, 4) is 0 Å². The van der Waals surface area contributed by atoms with Crippen LogP contribution in [0.4, 0.5) is 4.39 Å². The second kappa shape index (κ2) is 5.78. The number of benzene rings is 2. The monoisotopic (exact) mass is 323 g/mol. The fourth-order valence-electron chi connectivity index (χ4n) is 2.97. The first-order valence-electron chi connectivity index (χ1n) is 8.16. The third-order valence-electron chi connectivity index (χ3n) is 4.43. The van der Waals surface area contributed by atoms with E-state index >= 15 is 0 Å². The number of hydrogen-bond donors (Lipinski definition) is 0. The molecule has 0 atom stereocenters. The molecule has 1 fully saturated rings. The minimum absolute atomic E-state index is 0.172. The van der Waals surface area contributed by atoms with Gasteiger partial charge in [0.25, 0.3) is 5.91 Å². The van der Waals surface area contributed by atoms with Crippen molar-refractivity contribution < 1.29 is 13.6 Å². The third kappa shape index (κ3) is 2.80. The molecule has 4 heteroatoms. The molecule has 0 saturated heterocycles. The Bertz CT molecular complexity index is 911. The Morgan fingerprint density at radius 1 is 1.21 bits per heavy atom. The maximum atomic E-state index is 14.0.